The topological polar surface area (TPSA) is 43.9 Å². The van der Waals surface area contributed by atoms with Crippen molar-refractivity contribution in [3.63, 3.8) is 0 Å². The third kappa shape index (κ3) is 2.69. The maximum Gasteiger partial charge on any atom is 0.291 e. The van der Waals surface area contributed by atoms with Gasteiger partial charge in [-0.2, -0.15) is 8.78 Å². The van der Waals surface area contributed by atoms with E-state index in [9.17, 15) is 8.78 Å². The van der Waals surface area contributed by atoms with E-state index in [0.29, 0.717) is 35.2 Å². The zero-order valence-electron chi connectivity index (χ0n) is 12.9. The second-order valence-corrected chi connectivity index (χ2v) is 7.57. The first-order valence-electron chi connectivity index (χ1n) is 8.07. The molecule has 2 aliphatic rings. The van der Waals surface area contributed by atoms with Crippen LogP contribution in [0.25, 0.3) is 11.6 Å². The molecule has 0 aliphatic heterocycles. The van der Waals surface area contributed by atoms with E-state index in [-0.39, 0.29) is 11.2 Å². The number of halogens is 2. The van der Waals surface area contributed by atoms with Crippen molar-refractivity contribution in [2.75, 3.05) is 0 Å². The van der Waals surface area contributed by atoms with Crippen LogP contribution in [0.5, 0.6) is 0 Å². The smallest absolute Gasteiger partial charge is 0.291 e. The number of furan rings is 1. The Morgan fingerprint density at radius 1 is 1.30 bits per heavy atom. The lowest BCUT2D eigenvalue weighted by Crippen LogP contribution is -2.23. The van der Waals surface area contributed by atoms with Crippen molar-refractivity contribution in [1.82, 2.24) is 14.8 Å². The molecule has 23 heavy (non-hydrogen) atoms. The van der Waals surface area contributed by atoms with Gasteiger partial charge in [0.25, 0.3) is 5.76 Å². The van der Waals surface area contributed by atoms with Crippen LogP contribution in [0.1, 0.15) is 38.6 Å². The molecule has 2 bridgehead atoms. The van der Waals surface area contributed by atoms with Gasteiger partial charge in [-0.05, 0) is 67.8 Å². The predicted molar refractivity (Wildman–Crippen MR) is 83.2 cm³/mol. The van der Waals surface area contributed by atoms with Crippen molar-refractivity contribution in [3.8, 4) is 11.6 Å². The van der Waals surface area contributed by atoms with Crippen LogP contribution in [0.4, 0.5) is 8.78 Å². The summed E-state index contributed by atoms with van der Waals surface area (Å²) in [6.45, 7) is 2.11. The van der Waals surface area contributed by atoms with Gasteiger partial charge in [0.05, 0.1) is 6.26 Å². The highest BCUT2D eigenvalue weighted by Crippen LogP contribution is 2.53. The van der Waals surface area contributed by atoms with Gasteiger partial charge in [-0.25, -0.2) is 0 Å². The molecule has 2 aliphatic carbocycles. The van der Waals surface area contributed by atoms with Crippen LogP contribution >= 0.6 is 11.8 Å². The summed E-state index contributed by atoms with van der Waals surface area (Å²) in [7, 11) is 0. The number of hydrogen-bond donors (Lipinski definition) is 0. The maximum absolute atomic E-state index is 12.9. The van der Waals surface area contributed by atoms with E-state index in [1.165, 1.54) is 25.7 Å². The third-order valence-electron chi connectivity index (χ3n) is 5.42. The van der Waals surface area contributed by atoms with Gasteiger partial charge in [0.15, 0.2) is 10.9 Å². The summed E-state index contributed by atoms with van der Waals surface area (Å²) in [6.07, 6.45) is 6.61. The Hall–Kier alpha value is -1.37. The largest absolute Gasteiger partial charge is 0.461 e. The molecule has 7 heteroatoms. The molecule has 2 aromatic heterocycles. The SMILES string of the molecule is C[C@H]([C@H]1C[C@H]2CC[C@H]1C2)n1c(SC(F)F)nnc1-c1ccco1. The van der Waals surface area contributed by atoms with Crippen LogP contribution in [0.15, 0.2) is 28.0 Å². The molecular weight excluding hydrogens is 320 g/mol. The lowest BCUT2D eigenvalue weighted by Gasteiger charge is -2.30. The van der Waals surface area contributed by atoms with Crippen LogP contribution in [-0.2, 0) is 0 Å². The summed E-state index contributed by atoms with van der Waals surface area (Å²) >= 11 is 0.465. The molecule has 4 rings (SSSR count). The second kappa shape index (κ2) is 5.92. The molecule has 0 spiro atoms. The quantitative estimate of drug-likeness (QED) is 0.730. The summed E-state index contributed by atoms with van der Waals surface area (Å²) in [4.78, 5) is 0. The van der Waals surface area contributed by atoms with Crippen LogP contribution in [-0.4, -0.2) is 20.5 Å². The Morgan fingerprint density at radius 2 is 2.17 bits per heavy atom. The Labute approximate surface area is 137 Å². The van der Waals surface area contributed by atoms with E-state index < -0.39 is 5.76 Å². The maximum atomic E-state index is 12.9. The molecule has 2 aromatic rings. The van der Waals surface area contributed by atoms with Crippen molar-refractivity contribution in [2.24, 2.45) is 17.8 Å². The van der Waals surface area contributed by atoms with Gasteiger partial charge in [0.2, 0.25) is 5.82 Å². The Balaban J connectivity index is 1.71. The van der Waals surface area contributed by atoms with Crippen molar-refractivity contribution in [3.05, 3.63) is 18.4 Å². The average molecular weight is 339 g/mol. The second-order valence-electron chi connectivity index (χ2n) is 6.61. The molecule has 0 unspecified atom stereocenters. The summed E-state index contributed by atoms with van der Waals surface area (Å²) in [5.74, 6) is 0.639. The fourth-order valence-corrected chi connectivity index (χ4v) is 5.07. The van der Waals surface area contributed by atoms with E-state index in [4.69, 9.17) is 4.42 Å². The molecule has 4 atom stereocenters. The number of fused-ring (bicyclic) bond motifs is 2. The normalized spacial score (nSPS) is 27.9. The Bertz CT molecular complexity index is 673. The first-order valence-corrected chi connectivity index (χ1v) is 8.95. The molecule has 0 aromatic carbocycles. The van der Waals surface area contributed by atoms with Gasteiger partial charge >= 0.3 is 0 Å². The van der Waals surface area contributed by atoms with Gasteiger partial charge in [-0.3, -0.25) is 4.57 Å². The minimum atomic E-state index is -2.50. The summed E-state index contributed by atoms with van der Waals surface area (Å²) in [6, 6.07) is 3.67. The molecule has 0 N–H and O–H groups in total. The van der Waals surface area contributed by atoms with Crippen molar-refractivity contribution in [2.45, 2.75) is 49.6 Å². The molecule has 2 fully saturated rings. The highest BCUT2D eigenvalue weighted by molar-refractivity contribution is 7.99. The molecule has 4 nitrogen and oxygen atoms in total. The van der Waals surface area contributed by atoms with Gasteiger partial charge < -0.3 is 4.42 Å². The zero-order valence-corrected chi connectivity index (χ0v) is 13.7. The van der Waals surface area contributed by atoms with Gasteiger partial charge in [0, 0.05) is 6.04 Å². The van der Waals surface area contributed by atoms with Crippen LogP contribution in [0, 0.1) is 17.8 Å². The predicted octanol–water partition coefficient (Wildman–Crippen LogP) is 4.85. The number of thioether (sulfide) groups is 1. The van der Waals surface area contributed by atoms with Crippen LogP contribution in [0.3, 0.4) is 0 Å². The molecular formula is C16H19F2N3OS. The van der Waals surface area contributed by atoms with Crippen molar-refractivity contribution in [1.29, 1.82) is 0 Å². The van der Waals surface area contributed by atoms with E-state index in [2.05, 4.69) is 17.1 Å². The fourth-order valence-electron chi connectivity index (χ4n) is 4.45. The highest BCUT2D eigenvalue weighted by atomic mass is 32.2. The number of hydrogen-bond acceptors (Lipinski definition) is 4. The molecule has 0 radical (unpaired) electrons. The lowest BCUT2D eigenvalue weighted by atomic mass is 9.84. The Morgan fingerprint density at radius 3 is 2.78 bits per heavy atom. The van der Waals surface area contributed by atoms with E-state index in [1.807, 2.05) is 4.57 Å². The van der Waals surface area contributed by atoms with Gasteiger partial charge in [0.1, 0.15) is 0 Å². The van der Waals surface area contributed by atoms with E-state index >= 15 is 0 Å². The fraction of sp³-hybridized carbons (Fsp3) is 0.625. The third-order valence-corrected chi connectivity index (χ3v) is 6.09. The van der Waals surface area contributed by atoms with E-state index in [0.717, 1.165) is 5.92 Å². The summed E-state index contributed by atoms with van der Waals surface area (Å²) in [5.41, 5.74) is 0. The average Bonchev–Trinajstić information content (AvgIpc) is 3.29. The van der Waals surface area contributed by atoms with Crippen molar-refractivity contribution < 1.29 is 13.2 Å². The number of nitrogens with zero attached hydrogens (tertiary/aromatic N) is 3. The highest BCUT2D eigenvalue weighted by Gasteiger charge is 2.43. The molecule has 0 saturated heterocycles. The number of aromatic nitrogens is 3. The zero-order chi connectivity index (χ0) is 16.0. The monoisotopic (exact) mass is 339 g/mol. The summed E-state index contributed by atoms with van der Waals surface area (Å²) in [5, 5.41) is 8.41. The van der Waals surface area contributed by atoms with Gasteiger partial charge in [-0.1, -0.05) is 6.42 Å². The van der Waals surface area contributed by atoms with Crippen LogP contribution in [0.2, 0.25) is 0 Å². The van der Waals surface area contributed by atoms with Crippen molar-refractivity contribution >= 4 is 11.8 Å². The first-order chi connectivity index (χ1) is 11.1. The first kappa shape index (κ1) is 15.2. The minimum absolute atomic E-state index is 0.0987. The number of alkyl halides is 2. The number of rotatable bonds is 5. The van der Waals surface area contributed by atoms with E-state index in [1.54, 1.807) is 18.4 Å². The molecule has 124 valence electrons. The minimum Gasteiger partial charge on any atom is -0.461 e. The standard InChI is InChI=1S/C16H19F2N3OS/c1-9(12-8-10-4-5-11(12)7-10)21-14(13-3-2-6-22-13)19-20-16(21)23-15(17)18/h2-3,6,9-12,15H,4-5,7-8H2,1H3/t9-,10+,11+,12-/m1/s1. The molecule has 2 heterocycles. The lowest BCUT2D eigenvalue weighted by molar-refractivity contribution is 0.231. The Kier molecular flexibility index (Phi) is 3.91. The van der Waals surface area contributed by atoms with Crippen LogP contribution < -0.4 is 0 Å². The summed E-state index contributed by atoms with van der Waals surface area (Å²) < 4.78 is 33.1. The van der Waals surface area contributed by atoms with Gasteiger partial charge in [-0.15, -0.1) is 10.2 Å². The molecule has 2 saturated carbocycles. The molecule has 0 amide bonds.